The monoisotopic (exact) mass is 1260 g/mol. The van der Waals surface area contributed by atoms with Crippen molar-refractivity contribution < 1.29 is 37.6 Å². The van der Waals surface area contributed by atoms with Gasteiger partial charge in [-0.1, -0.05) is 368 Å². The molecule has 0 radical (unpaired) electrons. The van der Waals surface area contributed by atoms with E-state index in [0.29, 0.717) is 6.42 Å². The highest BCUT2D eigenvalue weighted by atomic mass is 31.2. The third-order valence-corrected chi connectivity index (χ3v) is 17.5. The van der Waals surface area contributed by atoms with E-state index >= 15 is 0 Å². The lowest BCUT2D eigenvalue weighted by molar-refractivity contribution is -0.161. The maximum Gasteiger partial charge on any atom is 0.472 e. The minimum Gasteiger partial charge on any atom is -0.462 e. The average molecular weight is 1260 g/mol. The lowest BCUT2D eigenvalue weighted by Crippen LogP contribution is -2.29. The number of phosphoric acid groups is 1. The highest BCUT2D eigenvalue weighted by molar-refractivity contribution is 7.47. The van der Waals surface area contributed by atoms with Crippen molar-refractivity contribution in [1.82, 2.24) is 0 Å². The standard InChI is InChI=1S/C79H142NO8P/c1-3-5-7-9-11-13-15-17-19-21-23-25-27-29-31-33-35-36-37-38-39-40-42-43-45-47-49-51-53-55-57-59-61-63-65-67-69-71-78(81)85-75-77(76-87-89(83,84)86-74-73-80)88-79(82)72-70-68-66-64-62-60-58-56-54-52-50-48-46-44-41-34-32-30-28-26-24-22-20-18-16-14-12-10-8-6-4-2/h6,8,12,14,18,20,24,26,30,32,41,44,48,50,54,56,77H,3-5,7,9-11,13,15-17,19,21-23,25,27-29,31,33-40,42-43,45-47,49,51-53,55,57-76,80H2,1-2H3,(H,83,84)/b8-6-,14-12-,20-18-,26-24-,32-30-,44-41-,50-48-,56-54-. The molecule has 0 aliphatic carbocycles. The van der Waals surface area contributed by atoms with E-state index in [1.54, 1.807) is 0 Å². The van der Waals surface area contributed by atoms with Crippen molar-refractivity contribution in [2.45, 2.75) is 367 Å². The largest absolute Gasteiger partial charge is 0.472 e. The van der Waals surface area contributed by atoms with Crippen molar-refractivity contribution >= 4 is 19.8 Å². The molecule has 0 spiro atoms. The van der Waals surface area contributed by atoms with Crippen molar-refractivity contribution in [3.63, 3.8) is 0 Å². The van der Waals surface area contributed by atoms with Crippen LogP contribution in [0.4, 0.5) is 0 Å². The number of nitrogens with two attached hydrogens (primary N) is 1. The fourth-order valence-corrected chi connectivity index (χ4v) is 11.7. The molecule has 0 aromatic carbocycles. The van der Waals surface area contributed by atoms with E-state index < -0.39 is 26.5 Å². The summed E-state index contributed by atoms with van der Waals surface area (Å²) < 4.78 is 33.2. The maximum absolute atomic E-state index is 12.8. The van der Waals surface area contributed by atoms with Crippen LogP contribution in [0.25, 0.3) is 0 Å². The van der Waals surface area contributed by atoms with Crippen LogP contribution in [0.1, 0.15) is 361 Å². The van der Waals surface area contributed by atoms with Crippen LogP contribution in [-0.4, -0.2) is 49.3 Å². The van der Waals surface area contributed by atoms with Gasteiger partial charge in [-0.25, -0.2) is 4.57 Å². The molecule has 2 atom stereocenters. The molecule has 0 saturated carbocycles. The van der Waals surface area contributed by atoms with E-state index in [4.69, 9.17) is 24.3 Å². The quantitative estimate of drug-likeness (QED) is 0.0264. The molecule has 0 amide bonds. The molecule has 0 saturated heterocycles. The molecule has 0 heterocycles. The van der Waals surface area contributed by atoms with Gasteiger partial charge in [0, 0.05) is 19.4 Å². The molecule has 0 aliphatic rings. The summed E-state index contributed by atoms with van der Waals surface area (Å²) in [5.41, 5.74) is 5.41. The summed E-state index contributed by atoms with van der Waals surface area (Å²) in [5.74, 6) is -0.836. The topological polar surface area (TPSA) is 134 Å². The van der Waals surface area contributed by atoms with Crippen molar-refractivity contribution in [3.8, 4) is 0 Å². The molecule has 0 bridgehead atoms. The summed E-state index contributed by atoms with van der Waals surface area (Å²) in [5, 5.41) is 0. The molecule has 0 aromatic rings. The van der Waals surface area contributed by atoms with Gasteiger partial charge in [0.1, 0.15) is 6.61 Å². The first-order chi connectivity index (χ1) is 43.8. The van der Waals surface area contributed by atoms with E-state index in [2.05, 4.69) is 111 Å². The molecule has 0 aliphatic heterocycles. The van der Waals surface area contributed by atoms with E-state index in [9.17, 15) is 19.0 Å². The molecule has 89 heavy (non-hydrogen) atoms. The lowest BCUT2D eigenvalue weighted by atomic mass is 10.0. The first-order valence-corrected chi connectivity index (χ1v) is 39.2. The predicted molar refractivity (Wildman–Crippen MR) is 385 cm³/mol. The highest BCUT2D eigenvalue weighted by Gasteiger charge is 2.26. The first kappa shape index (κ1) is 85.9. The molecular weight excluding hydrogens is 1120 g/mol. The molecule has 10 heteroatoms. The van der Waals surface area contributed by atoms with E-state index in [0.717, 1.165) is 109 Å². The Bertz CT molecular complexity index is 1780. The zero-order chi connectivity index (χ0) is 64.4. The summed E-state index contributed by atoms with van der Waals surface area (Å²) in [6.45, 7) is 3.66. The third kappa shape index (κ3) is 73.9. The van der Waals surface area contributed by atoms with Crippen LogP contribution in [0.15, 0.2) is 97.2 Å². The van der Waals surface area contributed by atoms with Gasteiger partial charge in [0.15, 0.2) is 6.10 Å². The molecule has 3 N–H and O–H groups in total. The number of allylic oxidation sites excluding steroid dienone is 16. The Morgan fingerprint density at radius 2 is 0.618 bits per heavy atom. The van der Waals surface area contributed by atoms with Crippen LogP contribution < -0.4 is 5.73 Å². The van der Waals surface area contributed by atoms with Crippen molar-refractivity contribution in [3.05, 3.63) is 97.2 Å². The molecular formula is C79H142NO8P. The van der Waals surface area contributed by atoms with E-state index in [1.165, 1.54) is 218 Å². The third-order valence-electron chi connectivity index (χ3n) is 16.5. The normalized spacial score (nSPS) is 13.4. The van der Waals surface area contributed by atoms with Crippen molar-refractivity contribution in [2.24, 2.45) is 5.73 Å². The van der Waals surface area contributed by atoms with Crippen LogP contribution in [-0.2, 0) is 32.7 Å². The van der Waals surface area contributed by atoms with Gasteiger partial charge >= 0.3 is 19.8 Å². The maximum atomic E-state index is 12.8. The first-order valence-electron chi connectivity index (χ1n) is 37.7. The highest BCUT2D eigenvalue weighted by Crippen LogP contribution is 2.43. The molecule has 2 unspecified atom stereocenters. The number of hydrogen-bond acceptors (Lipinski definition) is 8. The van der Waals surface area contributed by atoms with Crippen molar-refractivity contribution in [2.75, 3.05) is 26.4 Å². The van der Waals surface area contributed by atoms with Crippen LogP contribution >= 0.6 is 7.82 Å². The average Bonchev–Trinajstić information content (AvgIpc) is 3.68. The number of ether oxygens (including phenoxy) is 2. The number of esters is 2. The molecule has 0 rings (SSSR count). The van der Waals surface area contributed by atoms with Crippen LogP contribution in [0, 0.1) is 0 Å². The number of hydrogen-bond donors (Lipinski definition) is 2. The van der Waals surface area contributed by atoms with Crippen LogP contribution in [0.5, 0.6) is 0 Å². The summed E-state index contributed by atoms with van der Waals surface area (Å²) in [6.07, 6.45) is 101. The number of unbranched alkanes of at least 4 members (excludes halogenated alkanes) is 42. The van der Waals surface area contributed by atoms with Gasteiger partial charge in [0.05, 0.1) is 13.2 Å². The fourth-order valence-electron chi connectivity index (χ4n) is 11.0. The van der Waals surface area contributed by atoms with Gasteiger partial charge in [0.2, 0.25) is 0 Å². The van der Waals surface area contributed by atoms with E-state index in [-0.39, 0.29) is 38.6 Å². The van der Waals surface area contributed by atoms with Gasteiger partial charge in [-0.3, -0.25) is 18.6 Å². The van der Waals surface area contributed by atoms with Gasteiger partial charge in [-0.15, -0.1) is 0 Å². The van der Waals surface area contributed by atoms with Crippen molar-refractivity contribution in [1.29, 1.82) is 0 Å². The minimum atomic E-state index is -4.40. The Labute approximate surface area is 550 Å². The summed E-state index contributed by atoms with van der Waals surface area (Å²) in [7, 11) is -4.40. The number of phosphoric ester groups is 1. The number of carbonyl (C=O) groups excluding carboxylic acids is 2. The minimum absolute atomic E-state index is 0.0475. The Morgan fingerprint density at radius 1 is 0.348 bits per heavy atom. The van der Waals surface area contributed by atoms with Gasteiger partial charge < -0.3 is 20.1 Å². The number of carbonyl (C=O) groups is 2. The second-order valence-corrected chi connectivity index (χ2v) is 26.6. The Morgan fingerprint density at radius 3 is 0.921 bits per heavy atom. The second-order valence-electron chi connectivity index (χ2n) is 25.1. The van der Waals surface area contributed by atoms with Gasteiger partial charge in [-0.2, -0.15) is 0 Å². The number of rotatable bonds is 71. The molecule has 9 nitrogen and oxygen atoms in total. The summed E-state index contributed by atoms with van der Waals surface area (Å²) >= 11 is 0. The SMILES string of the molecule is CC/C=C\C/C=C\C/C=C\C/C=C\C/C=C\C/C=C\C/C=C\C/C=C\CCCCCCCCC(=O)OC(COC(=O)CCCCCCCCCCCCCCCCCCCCCCCCCCCCCCCCCCCCCCC)COP(=O)(O)OCCN. The smallest absolute Gasteiger partial charge is 0.462 e. The van der Waals surface area contributed by atoms with Crippen LogP contribution in [0.3, 0.4) is 0 Å². The zero-order valence-corrected chi connectivity index (χ0v) is 59.1. The lowest BCUT2D eigenvalue weighted by Gasteiger charge is -2.19. The van der Waals surface area contributed by atoms with Gasteiger partial charge in [0.25, 0.3) is 0 Å². The Kier molecular flexibility index (Phi) is 71.4. The predicted octanol–water partition coefficient (Wildman–Crippen LogP) is 25.1. The van der Waals surface area contributed by atoms with Gasteiger partial charge in [-0.05, 0) is 77.0 Å². The summed E-state index contributed by atoms with van der Waals surface area (Å²) in [6, 6.07) is 0. The Hall–Kier alpha value is -3.07. The Balaban J connectivity index is 3.85. The zero-order valence-electron chi connectivity index (χ0n) is 58.2. The van der Waals surface area contributed by atoms with E-state index in [1.807, 2.05) is 0 Å². The van der Waals surface area contributed by atoms with Crippen LogP contribution in [0.2, 0.25) is 0 Å². The molecule has 0 fully saturated rings. The molecule has 516 valence electrons. The summed E-state index contributed by atoms with van der Waals surface area (Å²) in [4.78, 5) is 35.4. The molecule has 0 aromatic heterocycles. The second kappa shape index (κ2) is 74.0. The fraction of sp³-hybridized carbons (Fsp3) is 0.772.